The first-order chi connectivity index (χ1) is 4.18. The summed E-state index contributed by atoms with van der Waals surface area (Å²) in [5.74, 6) is -1.43. The van der Waals surface area contributed by atoms with Gasteiger partial charge in [-0.05, 0) is 6.92 Å². The van der Waals surface area contributed by atoms with E-state index in [9.17, 15) is 0 Å². The van der Waals surface area contributed by atoms with Crippen molar-refractivity contribution in [3.63, 3.8) is 0 Å². The van der Waals surface area contributed by atoms with Crippen LogP contribution in [0.1, 0.15) is 6.92 Å². The molecule has 0 unspecified atom stereocenters. The third kappa shape index (κ3) is 42.6. The highest BCUT2D eigenvalue weighted by molar-refractivity contribution is 6.19. The van der Waals surface area contributed by atoms with Gasteiger partial charge in [-0.3, -0.25) is 10.1 Å². The van der Waals surface area contributed by atoms with Crippen molar-refractivity contribution in [1.29, 1.82) is 0 Å². The van der Waals surface area contributed by atoms with Crippen LogP contribution in [0.5, 0.6) is 0 Å². The Labute approximate surface area is 51.8 Å². The van der Waals surface area contributed by atoms with Gasteiger partial charge in [-0.2, -0.15) is 0 Å². The summed E-state index contributed by atoms with van der Waals surface area (Å²) in [5.41, 5.74) is 0. The molecule has 9 heavy (non-hydrogen) atoms. The maximum Gasteiger partial charge on any atom is 0.368 e. The number of carboxylic acids is 1. The second-order valence-corrected chi connectivity index (χ2v) is 0.874. The Bertz CT molecular complexity index is 77.0. The highest BCUT2D eigenvalue weighted by atomic mass is 17.1. The molecular formula is C4H8O5. The van der Waals surface area contributed by atoms with Crippen LogP contribution in [0.4, 0.5) is 0 Å². The minimum Gasteiger partial charge on any atom is -0.476 e. The monoisotopic (exact) mass is 136 g/mol. The largest absolute Gasteiger partial charge is 0.476 e. The van der Waals surface area contributed by atoms with Crippen LogP contribution in [0.3, 0.4) is 0 Å². The quantitative estimate of drug-likeness (QED) is 0.237. The topological polar surface area (TPSA) is 83.8 Å². The molecule has 0 aliphatic carbocycles. The van der Waals surface area contributed by atoms with E-state index < -0.39 is 5.97 Å². The molecule has 0 rings (SSSR count). The van der Waals surface area contributed by atoms with Gasteiger partial charge in [0.05, 0.1) is 6.61 Å². The predicted molar refractivity (Wildman–Crippen MR) is 28.0 cm³/mol. The zero-order chi connectivity index (χ0) is 7.70. The smallest absolute Gasteiger partial charge is 0.368 e. The fourth-order valence-electron chi connectivity index (χ4n) is 0. The van der Waals surface area contributed by atoms with E-state index in [0.717, 1.165) is 0 Å². The number of rotatable bonds is 2. The molecule has 0 aromatic carbocycles. The molecule has 0 saturated carbocycles. The van der Waals surface area contributed by atoms with Gasteiger partial charge in [0.2, 0.25) is 6.29 Å². The molecule has 0 atom stereocenters. The summed E-state index contributed by atoms with van der Waals surface area (Å²) in [6.07, 6.45) is -0.167. The van der Waals surface area contributed by atoms with Crippen molar-refractivity contribution < 1.29 is 24.8 Å². The van der Waals surface area contributed by atoms with E-state index >= 15 is 0 Å². The molecular weight excluding hydrogens is 128 g/mol. The SMILES string of the molecule is CCOO.O=CC(=O)O. The van der Waals surface area contributed by atoms with Crippen LogP contribution >= 0.6 is 0 Å². The fraction of sp³-hybridized carbons (Fsp3) is 0.500. The van der Waals surface area contributed by atoms with Gasteiger partial charge < -0.3 is 5.11 Å². The van der Waals surface area contributed by atoms with Crippen LogP contribution in [0.15, 0.2) is 0 Å². The van der Waals surface area contributed by atoms with Crippen molar-refractivity contribution in [3.8, 4) is 0 Å². The van der Waals surface area contributed by atoms with Crippen LogP contribution in [-0.2, 0) is 14.5 Å². The number of aliphatic carboxylic acids is 1. The first kappa shape index (κ1) is 10.9. The van der Waals surface area contributed by atoms with E-state index in [1.54, 1.807) is 6.92 Å². The summed E-state index contributed by atoms with van der Waals surface area (Å²) in [4.78, 5) is 21.4. The molecule has 0 aliphatic rings. The number of hydrogen-bond acceptors (Lipinski definition) is 4. The Balaban J connectivity index is 0. The third-order valence-electron chi connectivity index (χ3n) is 0.230. The predicted octanol–water partition coefficient (Wildman–Crippen LogP) is -0.234. The molecule has 5 nitrogen and oxygen atoms in total. The maximum atomic E-state index is 9.00. The summed E-state index contributed by atoms with van der Waals surface area (Å²) in [5, 5.41) is 14.7. The average molecular weight is 136 g/mol. The third-order valence-corrected chi connectivity index (χ3v) is 0.230. The number of carbonyl (C=O) groups is 2. The van der Waals surface area contributed by atoms with Gasteiger partial charge in [0.25, 0.3) is 0 Å². The van der Waals surface area contributed by atoms with Crippen molar-refractivity contribution in [2.24, 2.45) is 0 Å². The Kier molecular flexibility index (Phi) is 12.3. The Morgan fingerprint density at radius 2 is 2.00 bits per heavy atom. The van der Waals surface area contributed by atoms with E-state index in [1.165, 1.54) is 0 Å². The van der Waals surface area contributed by atoms with Crippen LogP contribution in [-0.4, -0.2) is 29.2 Å². The Hall–Kier alpha value is -0.940. The minimum absolute atomic E-state index is 0.167. The molecule has 0 radical (unpaired) electrons. The molecule has 0 aliphatic heterocycles. The summed E-state index contributed by atoms with van der Waals surface area (Å²) < 4.78 is 0. The normalized spacial score (nSPS) is 6.89. The highest BCUT2D eigenvalue weighted by Crippen LogP contribution is 1.51. The van der Waals surface area contributed by atoms with Crippen molar-refractivity contribution in [2.75, 3.05) is 6.61 Å². The lowest BCUT2D eigenvalue weighted by molar-refractivity contribution is -0.237. The molecule has 0 saturated heterocycles. The number of aldehydes is 1. The average Bonchev–Trinajstić information content (AvgIpc) is 1.89. The summed E-state index contributed by atoms with van der Waals surface area (Å²) in [7, 11) is 0. The molecule has 0 bridgehead atoms. The van der Waals surface area contributed by atoms with E-state index in [1.807, 2.05) is 0 Å². The molecule has 0 heterocycles. The molecule has 0 spiro atoms. The molecule has 2 N–H and O–H groups in total. The lowest BCUT2D eigenvalue weighted by atomic mass is 10.8. The van der Waals surface area contributed by atoms with Gasteiger partial charge in [-0.25, -0.2) is 9.68 Å². The molecule has 54 valence electrons. The lowest BCUT2D eigenvalue weighted by Crippen LogP contribution is -1.91. The van der Waals surface area contributed by atoms with Crippen molar-refractivity contribution in [1.82, 2.24) is 0 Å². The summed E-state index contributed by atoms with van der Waals surface area (Å²) in [6, 6.07) is 0. The zero-order valence-corrected chi connectivity index (χ0v) is 4.90. The molecule has 0 aromatic rings. The molecule has 5 heteroatoms. The molecule has 0 fully saturated rings. The van der Waals surface area contributed by atoms with Crippen molar-refractivity contribution in [2.45, 2.75) is 6.92 Å². The first-order valence-electron chi connectivity index (χ1n) is 2.13. The second kappa shape index (κ2) is 10.1. The second-order valence-electron chi connectivity index (χ2n) is 0.874. The van der Waals surface area contributed by atoms with Gasteiger partial charge in [0.15, 0.2) is 0 Å². The summed E-state index contributed by atoms with van der Waals surface area (Å²) >= 11 is 0. The summed E-state index contributed by atoms with van der Waals surface area (Å²) in [6.45, 7) is 2.08. The van der Waals surface area contributed by atoms with Crippen LogP contribution in [0.2, 0.25) is 0 Å². The van der Waals surface area contributed by atoms with Crippen molar-refractivity contribution in [3.05, 3.63) is 0 Å². The number of carbonyl (C=O) groups excluding carboxylic acids is 1. The molecule has 0 aromatic heterocycles. The first-order valence-corrected chi connectivity index (χ1v) is 2.13. The van der Waals surface area contributed by atoms with E-state index in [4.69, 9.17) is 20.0 Å². The van der Waals surface area contributed by atoms with E-state index in [0.29, 0.717) is 6.61 Å². The van der Waals surface area contributed by atoms with Gasteiger partial charge in [-0.1, -0.05) is 0 Å². The molecule has 0 amide bonds. The standard InChI is InChI=1S/C2H2O3.C2H6O2/c3-1-2(4)5;1-2-4-3/h1H,(H,4,5);3H,2H2,1H3. The van der Waals surface area contributed by atoms with Crippen molar-refractivity contribution >= 4 is 12.3 Å². The van der Waals surface area contributed by atoms with Gasteiger partial charge in [0, 0.05) is 0 Å². The maximum absolute atomic E-state index is 9.00. The van der Waals surface area contributed by atoms with E-state index in [2.05, 4.69) is 4.89 Å². The minimum atomic E-state index is -1.43. The van der Waals surface area contributed by atoms with Crippen LogP contribution in [0.25, 0.3) is 0 Å². The van der Waals surface area contributed by atoms with Gasteiger partial charge >= 0.3 is 5.97 Å². The van der Waals surface area contributed by atoms with Gasteiger partial charge in [0.1, 0.15) is 0 Å². The van der Waals surface area contributed by atoms with Gasteiger partial charge in [-0.15, -0.1) is 0 Å². The number of hydrogen-bond donors (Lipinski definition) is 2. The Morgan fingerprint density at radius 1 is 1.78 bits per heavy atom. The number of carboxylic acid groups (broad SMARTS) is 1. The van der Waals surface area contributed by atoms with Crippen LogP contribution < -0.4 is 0 Å². The lowest BCUT2D eigenvalue weighted by Gasteiger charge is -1.73. The Morgan fingerprint density at radius 3 is 2.00 bits per heavy atom. The highest BCUT2D eigenvalue weighted by Gasteiger charge is 1.80. The van der Waals surface area contributed by atoms with Crippen LogP contribution in [0, 0.1) is 0 Å². The van der Waals surface area contributed by atoms with E-state index in [-0.39, 0.29) is 6.29 Å². The zero-order valence-electron chi connectivity index (χ0n) is 4.90. The fourth-order valence-corrected chi connectivity index (χ4v) is 0.